The van der Waals surface area contributed by atoms with Crippen LogP contribution in [-0.2, 0) is 16.0 Å². The molecule has 2 fully saturated rings. The predicted molar refractivity (Wildman–Crippen MR) is 132 cm³/mol. The smallest absolute Gasteiger partial charge is 0.237 e. The van der Waals surface area contributed by atoms with Crippen molar-refractivity contribution in [2.24, 2.45) is 11.8 Å². The number of amides is 2. The van der Waals surface area contributed by atoms with Crippen molar-refractivity contribution in [3.8, 4) is 0 Å². The first-order valence-corrected chi connectivity index (χ1v) is 12.7. The molecule has 4 unspecified atom stereocenters. The molecule has 3 rings (SSSR count). The van der Waals surface area contributed by atoms with Crippen molar-refractivity contribution in [2.45, 2.75) is 96.4 Å². The van der Waals surface area contributed by atoms with E-state index < -0.39 is 12.1 Å². The minimum atomic E-state index is -0.759. The summed E-state index contributed by atoms with van der Waals surface area (Å²) in [5.41, 5.74) is 0.779. The summed E-state index contributed by atoms with van der Waals surface area (Å²) in [7, 11) is 0. The van der Waals surface area contributed by atoms with Crippen LogP contribution in [-0.4, -0.2) is 58.6 Å². The van der Waals surface area contributed by atoms with Gasteiger partial charge in [0.1, 0.15) is 0 Å². The number of piperidine rings is 1. The Morgan fingerprint density at radius 3 is 2.42 bits per heavy atom. The molecule has 0 bridgehead atoms. The van der Waals surface area contributed by atoms with Gasteiger partial charge in [0.05, 0.1) is 18.2 Å². The summed E-state index contributed by atoms with van der Waals surface area (Å²) in [5, 5.41) is 17.5. The fourth-order valence-corrected chi connectivity index (χ4v) is 5.45. The average molecular weight is 458 g/mol. The molecule has 3 N–H and O–H groups in total. The van der Waals surface area contributed by atoms with Crippen molar-refractivity contribution < 1.29 is 14.7 Å². The number of likely N-dealkylation sites (tertiary alicyclic amines) is 1. The van der Waals surface area contributed by atoms with Gasteiger partial charge in [-0.15, -0.1) is 0 Å². The molecule has 33 heavy (non-hydrogen) atoms. The zero-order chi connectivity index (χ0) is 24.0. The van der Waals surface area contributed by atoms with Crippen LogP contribution < -0.4 is 10.6 Å². The lowest BCUT2D eigenvalue weighted by Gasteiger charge is -2.47. The molecular weight excluding hydrogens is 414 g/mol. The zero-order valence-electron chi connectivity index (χ0n) is 20.8. The van der Waals surface area contributed by atoms with Crippen LogP contribution in [0.3, 0.4) is 0 Å². The van der Waals surface area contributed by atoms with Gasteiger partial charge in [0.15, 0.2) is 0 Å². The summed E-state index contributed by atoms with van der Waals surface area (Å²) < 4.78 is 0. The number of nitrogens with one attached hydrogen (secondary N) is 2. The average Bonchev–Trinajstić information content (AvgIpc) is 2.77. The van der Waals surface area contributed by atoms with Gasteiger partial charge >= 0.3 is 0 Å². The summed E-state index contributed by atoms with van der Waals surface area (Å²) >= 11 is 0. The highest BCUT2D eigenvalue weighted by Gasteiger charge is 2.41. The van der Waals surface area contributed by atoms with Gasteiger partial charge in [-0.05, 0) is 57.4 Å². The van der Waals surface area contributed by atoms with Crippen LogP contribution >= 0.6 is 0 Å². The normalized spacial score (nSPS) is 25.5. The molecule has 1 aromatic carbocycles. The van der Waals surface area contributed by atoms with E-state index in [1.165, 1.54) is 25.7 Å². The lowest BCUT2D eigenvalue weighted by atomic mass is 9.72. The van der Waals surface area contributed by atoms with E-state index in [9.17, 15) is 14.7 Å². The third-order valence-electron chi connectivity index (χ3n) is 7.16. The fourth-order valence-electron chi connectivity index (χ4n) is 5.45. The zero-order valence-corrected chi connectivity index (χ0v) is 20.8. The lowest BCUT2D eigenvalue weighted by molar-refractivity contribution is -0.133. The number of benzene rings is 1. The van der Waals surface area contributed by atoms with Crippen molar-refractivity contribution in [1.29, 1.82) is 0 Å². The number of rotatable bonds is 8. The van der Waals surface area contributed by atoms with Gasteiger partial charge in [0.25, 0.3) is 0 Å². The molecular formula is C27H43N3O3. The van der Waals surface area contributed by atoms with E-state index in [0.29, 0.717) is 31.2 Å². The first-order chi connectivity index (χ1) is 15.7. The fraction of sp³-hybridized carbons (Fsp3) is 0.704. The molecule has 1 saturated carbocycles. The molecule has 1 aliphatic heterocycles. The number of β-amino-alcohol motifs (C(OH)–C–C–N with tert-alkyl or cyclic N) is 1. The first kappa shape index (κ1) is 25.7. The van der Waals surface area contributed by atoms with E-state index in [1.807, 2.05) is 58.0 Å². The number of carbonyl (C=O) groups is 2. The van der Waals surface area contributed by atoms with Crippen LogP contribution in [0.25, 0.3) is 0 Å². The van der Waals surface area contributed by atoms with Gasteiger partial charge in [-0.2, -0.15) is 0 Å². The van der Waals surface area contributed by atoms with Gasteiger partial charge < -0.3 is 15.7 Å². The monoisotopic (exact) mass is 457 g/mol. The van der Waals surface area contributed by atoms with E-state index >= 15 is 0 Å². The van der Waals surface area contributed by atoms with Crippen LogP contribution in [0, 0.1) is 11.8 Å². The van der Waals surface area contributed by atoms with Crippen molar-refractivity contribution in [3.63, 3.8) is 0 Å². The second-order valence-corrected chi connectivity index (χ2v) is 11.0. The number of carbonyl (C=O) groups excluding carboxylic acids is 2. The molecule has 1 aromatic rings. The SMILES string of the molecule is CCC(=O)NC(Cc1ccccc1)C(O)CN1CC2CCCCC2C[C@H]1C(=O)NC(C)(C)C. The first-order valence-electron chi connectivity index (χ1n) is 12.7. The Balaban J connectivity index is 1.76. The Morgan fingerprint density at radius 1 is 1.12 bits per heavy atom. The highest BCUT2D eigenvalue weighted by Crippen LogP contribution is 2.38. The molecule has 6 heteroatoms. The Labute approximate surface area is 199 Å². The maximum atomic E-state index is 13.3. The van der Waals surface area contributed by atoms with Crippen LogP contribution in [0.5, 0.6) is 0 Å². The number of hydrogen-bond acceptors (Lipinski definition) is 4. The number of hydrogen-bond donors (Lipinski definition) is 3. The summed E-state index contributed by atoms with van der Waals surface area (Å²) in [6.07, 6.45) is 5.93. The Hall–Kier alpha value is -1.92. The highest BCUT2D eigenvalue weighted by atomic mass is 16.3. The van der Waals surface area contributed by atoms with Crippen molar-refractivity contribution in [3.05, 3.63) is 35.9 Å². The Kier molecular flexibility index (Phi) is 8.94. The number of fused-ring (bicyclic) bond motifs is 1. The van der Waals surface area contributed by atoms with Crippen LogP contribution in [0.2, 0.25) is 0 Å². The Morgan fingerprint density at radius 2 is 1.79 bits per heavy atom. The van der Waals surface area contributed by atoms with Gasteiger partial charge in [-0.25, -0.2) is 0 Å². The van der Waals surface area contributed by atoms with E-state index in [4.69, 9.17) is 0 Å². The summed E-state index contributed by atoms with van der Waals surface area (Å²) in [6.45, 7) is 9.06. The minimum absolute atomic E-state index is 0.0518. The molecule has 184 valence electrons. The number of nitrogens with zero attached hydrogens (tertiary/aromatic N) is 1. The summed E-state index contributed by atoms with van der Waals surface area (Å²) in [5.74, 6) is 1.16. The van der Waals surface area contributed by atoms with Gasteiger partial charge in [-0.1, -0.05) is 56.5 Å². The summed E-state index contributed by atoms with van der Waals surface area (Å²) in [6, 6.07) is 9.32. The van der Waals surface area contributed by atoms with Crippen molar-refractivity contribution in [2.75, 3.05) is 13.1 Å². The number of aliphatic hydroxyl groups excluding tert-OH is 1. The second-order valence-electron chi connectivity index (χ2n) is 11.0. The third-order valence-corrected chi connectivity index (χ3v) is 7.16. The van der Waals surface area contributed by atoms with Crippen LogP contribution in [0.4, 0.5) is 0 Å². The van der Waals surface area contributed by atoms with Gasteiger partial charge in [-0.3, -0.25) is 14.5 Å². The van der Waals surface area contributed by atoms with Gasteiger partial charge in [0.2, 0.25) is 11.8 Å². The molecule has 5 atom stereocenters. The Bertz CT molecular complexity index is 777. The third kappa shape index (κ3) is 7.54. The maximum absolute atomic E-state index is 13.3. The lowest BCUT2D eigenvalue weighted by Crippen LogP contribution is -2.60. The summed E-state index contributed by atoms with van der Waals surface area (Å²) in [4.78, 5) is 27.7. The van der Waals surface area contributed by atoms with E-state index in [-0.39, 0.29) is 23.4 Å². The second kappa shape index (κ2) is 11.5. The topological polar surface area (TPSA) is 81.7 Å². The molecule has 0 aromatic heterocycles. The van der Waals surface area contributed by atoms with Crippen molar-refractivity contribution in [1.82, 2.24) is 15.5 Å². The van der Waals surface area contributed by atoms with Crippen molar-refractivity contribution >= 4 is 11.8 Å². The van der Waals surface area contributed by atoms with Crippen LogP contribution in [0.15, 0.2) is 30.3 Å². The van der Waals surface area contributed by atoms with E-state index in [2.05, 4.69) is 15.5 Å². The minimum Gasteiger partial charge on any atom is -0.390 e. The predicted octanol–water partition coefficient (Wildman–Crippen LogP) is 3.28. The largest absolute Gasteiger partial charge is 0.390 e. The molecule has 1 saturated heterocycles. The van der Waals surface area contributed by atoms with Crippen LogP contribution in [0.1, 0.15) is 71.8 Å². The molecule has 2 aliphatic rings. The molecule has 2 amide bonds. The molecule has 0 spiro atoms. The highest BCUT2D eigenvalue weighted by molar-refractivity contribution is 5.82. The molecule has 0 radical (unpaired) electrons. The van der Waals surface area contributed by atoms with E-state index in [0.717, 1.165) is 18.5 Å². The maximum Gasteiger partial charge on any atom is 0.237 e. The number of aliphatic hydroxyl groups is 1. The standard InChI is InChI=1S/C27H43N3O3/c1-5-25(32)28-22(15-19-11-7-6-8-12-19)24(31)18-30-17-21-14-10-9-13-20(21)16-23(30)26(33)29-27(2,3)4/h6-8,11-12,20-24,31H,5,9-10,13-18H2,1-4H3,(H,28,32)(H,29,33)/t20?,21?,22?,23-,24?/m0/s1. The quantitative estimate of drug-likeness (QED) is 0.560. The molecule has 1 heterocycles. The molecule has 1 aliphatic carbocycles. The molecule has 6 nitrogen and oxygen atoms in total. The van der Waals surface area contributed by atoms with E-state index in [1.54, 1.807) is 0 Å². The van der Waals surface area contributed by atoms with Gasteiger partial charge in [0, 0.05) is 25.0 Å².